The number of hydrogen-bond donors (Lipinski definition) is 1. The molecule has 1 atom stereocenters. The molecule has 0 fully saturated rings. The zero-order chi connectivity index (χ0) is 22.5. The lowest BCUT2D eigenvalue weighted by molar-refractivity contribution is 0.00966. The van der Waals surface area contributed by atoms with Gasteiger partial charge in [-0.3, -0.25) is 0 Å². The first-order valence-corrected chi connectivity index (χ1v) is 10.8. The fourth-order valence-corrected chi connectivity index (χ4v) is 3.39. The van der Waals surface area contributed by atoms with Gasteiger partial charge in [-0.05, 0) is 75.4 Å². The van der Waals surface area contributed by atoms with E-state index in [4.69, 9.17) is 14.2 Å². The fourth-order valence-electron chi connectivity index (χ4n) is 3.39. The number of methoxy groups -OCH3 is 2. The van der Waals surface area contributed by atoms with Gasteiger partial charge < -0.3 is 19.3 Å². The van der Waals surface area contributed by atoms with E-state index in [0.717, 1.165) is 28.9 Å². The van der Waals surface area contributed by atoms with Crippen molar-refractivity contribution in [2.75, 3.05) is 20.8 Å². The summed E-state index contributed by atoms with van der Waals surface area (Å²) < 4.78 is 17.3. The Morgan fingerprint density at radius 1 is 0.900 bits per heavy atom. The molecule has 166 valence electrons. The molecule has 30 heavy (non-hydrogen) atoms. The van der Waals surface area contributed by atoms with Gasteiger partial charge in [0.05, 0.1) is 17.8 Å². The second-order valence-electron chi connectivity index (χ2n) is 8.95. The molecule has 2 rings (SSSR count). The summed E-state index contributed by atoms with van der Waals surface area (Å²) in [6, 6.07) is 12.4. The molecule has 1 N–H and O–H groups in total. The minimum absolute atomic E-state index is 0.221. The molecule has 4 nitrogen and oxygen atoms in total. The highest BCUT2D eigenvalue weighted by molar-refractivity contribution is 5.49. The Morgan fingerprint density at radius 3 is 1.83 bits per heavy atom. The zero-order valence-electron chi connectivity index (χ0n) is 19.8. The van der Waals surface area contributed by atoms with Crippen molar-refractivity contribution in [3.8, 4) is 11.5 Å². The number of aromatic hydroxyl groups is 1. The van der Waals surface area contributed by atoms with Crippen LogP contribution in [0.25, 0.3) is 0 Å². The molecule has 2 aromatic rings. The van der Waals surface area contributed by atoms with Crippen molar-refractivity contribution in [3.05, 3.63) is 58.7 Å². The van der Waals surface area contributed by atoms with Gasteiger partial charge in [-0.15, -0.1) is 0 Å². The van der Waals surface area contributed by atoms with Gasteiger partial charge in [-0.25, -0.2) is 0 Å². The number of rotatable bonds is 10. The average Bonchev–Trinajstić information content (AvgIpc) is 2.74. The van der Waals surface area contributed by atoms with Crippen LogP contribution in [0.1, 0.15) is 76.1 Å². The molecule has 0 bridgehead atoms. The predicted octanol–water partition coefficient (Wildman–Crippen LogP) is 6.29. The monoisotopic (exact) mass is 414 g/mol. The third-order valence-electron chi connectivity index (χ3n) is 6.21. The molecule has 0 heterocycles. The van der Waals surface area contributed by atoms with Crippen molar-refractivity contribution >= 4 is 0 Å². The first-order valence-electron chi connectivity index (χ1n) is 10.8. The fraction of sp³-hybridized carbons (Fsp3) is 0.538. The van der Waals surface area contributed by atoms with E-state index < -0.39 is 11.2 Å². The first-order chi connectivity index (χ1) is 14.1. The van der Waals surface area contributed by atoms with E-state index >= 15 is 0 Å². The van der Waals surface area contributed by atoms with Crippen LogP contribution in [0.15, 0.2) is 36.4 Å². The summed E-state index contributed by atoms with van der Waals surface area (Å²) in [7, 11) is 3.30. The average molecular weight is 415 g/mol. The number of hydrogen-bond acceptors (Lipinski definition) is 4. The molecule has 0 amide bonds. The minimum atomic E-state index is -0.620. The summed E-state index contributed by atoms with van der Waals surface area (Å²) in [6.45, 7) is 12.8. The van der Waals surface area contributed by atoms with Crippen molar-refractivity contribution < 1.29 is 19.3 Å². The van der Waals surface area contributed by atoms with Gasteiger partial charge in [-0.2, -0.15) is 0 Å². The quantitative estimate of drug-likeness (QED) is 0.496. The SMILES string of the molecule is CCC(C)c1ccc(OCCc2cc(C(C)(C)OC)c(O)c(C(C)(C)OC)c2)cc1. The third-order valence-corrected chi connectivity index (χ3v) is 6.21. The Balaban J connectivity index is 2.22. The summed E-state index contributed by atoms with van der Waals surface area (Å²) >= 11 is 0. The van der Waals surface area contributed by atoms with Gasteiger partial charge in [0, 0.05) is 31.8 Å². The van der Waals surface area contributed by atoms with Gasteiger partial charge >= 0.3 is 0 Å². The summed E-state index contributed by atoms with van der Waals surface area (Å²) in [5.41, 5.74) is 2.67. The van der Waals surface area contributed by atoms with Crippen LogP contribution < -0.4 is 4.74 Å². The van der Waals surface area contributed by atoms with Crippen LogP contribution in [0.5, 0.6) is 11.5 Å². The lowest BCUT2D eigenvalue weighted by Gasteiger charge is -2.31. The maximum Gasteiger partial charge on any atom is 0.127 e. The van der Waals surface area contributed by atoms with Crippen molar-refractivity contribution in [1.29, 1.82) is 0 Å². The molecule has 1 unspecified atom stereocenters. The molecular weight excluding hydrogens is 376 g/mol. The van der Waals surface area contributed by atoms with E-state index in [9.17, 15) is 5.11 Å². The Bertz CT molecular complexity index is 784. The van der Waals surface area contributed by atoms with Crippen LogP contribution in [-0.4, -0.2) is 25.9 Å². The number of phenols is 1. The molecule has 0 aliphatic rings. The second-order valence-corrected chi connectivity index (χ2v) is 8.95. The Hall–Kier alpha value is -2.04. The van der Waals surface area contributed by atoms with Crippen LogP contribution in [0.3, 0.4) is 0 Å². The van der Waals surface area contributed by atoms with Gasteiger partial charge in [0.1, 0.15) is 11.5 Å². The van der Waals surface area contributed by atoms with Gasteiger partial charge in [0.2, 0.25) is 0 Å². The van der Waals surface area contributed by atoms with Gasteiger partial charge in [0.15, 0.2) is 0 Å². The highest BCUT2D eigenvalue weighted by Gasteiger charge is 2.31. The van der Waals surface area contributed by atoms with E-state index in [-0.39, 0.29) is 5.75 Å². The van der Waals surface area contributed by atoms with Crippen LogP contribution in [-0.2, 0) is 27.1 Å². The van der Waals surface area contributed by atoms with E-state index in [0.29, 0.717) is 18.9 Å². The van der Waals surface area contributed by atoms with Gasteiger partial charge in [0.25, 0.3) is 0 Å². The third kappa shape index (κ3) is 5.55. The lowest BCUT2D eigenvalue weighted by Crippen LogP contribution is -2.25. The Kier molecular flexibility index (Phi) is 7.95. The lowest BCUT2D eigenvalue weighted by atomic mass is 9.86. The van der Waals surface area contributed by atoms with E-state index in [1.807, 2.05) is 52.0 Å². The van der Waals surface area contributed by atoms with Crippen molar-refractivity contribution in [1.82, 2.24) is 0 Å². The summed E-state index contributed by atoms with van der Waals surface area (Å²) in [5, 5.41) is 10.9. The Labute approximate surface area is 182 Å². The number of ether oxygens (including phenoxy) is 3. The summed E-state index contributed by atoms with van der Waals surface area (Å²) in [4.78, 5) is 0. The number of benzene rings is 2. The van der Waals surface area contributed by atoms with Crippen LogP contribution >= 0.6 is 0 Å². The minimum Gasteiger partial charge on any atom is -0.507 e. The highest BCUT2D eigenvalue weighted by atomic mass is 16.5. The maximum atomic E-state index is 10.9. The number of phenolic OH excluding ortho intramolecular Hbond substituents is 1. The predicted molar refractivity (Wildman–Crippen MR) is 123 cm³/mol. The van der Waals surface area contributed by atoms with Gasteiger partial charge in [-0.1, -0.05) is 26.0 Å². The van der Waals surface area contributed by atoms with E-state index in [1.54, 1.807) is 14.2 Å². The molecule has 4 heteroatoms. The first kappa shape index (κ1) is 24.2. The second kappa shape index (κ2) is 9.84. The topological polar surface area (TPSA) is 47.9 Å². The smallest absolute Gasteiger partial charge is 0.127 e. The van der Waals surface area contributed by atoms with Crippen molar-refractivity contribution in [2.45, 2.75) is 71.5 Å². The maximum absolute atomic E-state index is 10.9. The zero-order valence-corrected chi connectivity index (χ0v) is 19.8. The Morgan fingerprint density at radius 2 is 1.40 bits per heavy atom. The molecule has 0 saturated carbocycles. The molecule has 0 spiro atoms. The normalized spacial score (nSPS) is 13.3. The van der Waals surface area contributed by atoms with E-state index in [1.165, 1.54) is 5.56 Å². The largest absolute Gasteiger partial charge is 0.507 e. The molecule has 0 aromatic heterocycles. The summed E-state index contributed by atoms with van der Waals surface area (Å²) in [6.07, 6.45) is 1.84. The van der Waals surface area contributed by atoms with Crippen molar-refractivity contribution in [3.63, 3.8) is 0 Å². The molecule has 2 aromatic carbocycles. The van der Waals surface area contributed by atoms with Crippen LogP contribution in [0.2, 0.25) is 0 Å². The molecular formula is C26H38O4. The summed E-state index contributed by atoms with van der Waals surface area (Å²) in [5.74, 6) is 1.65. The van der Waals surface area contributed by atoms with Crippen LogP contribution in [0, 0.1) is 0 Å². The molecule has 0 aliphatic heterocycles. The molecule has 0 aliphatic carbocycles. The van der Waals surface area contributed by atoms with Crippen LogP contribution in [0.4, 0.5) is 0 Å². The standard InChI is InChI=1S/C26H38O4/c1-9-18(2)20-10-12-21(13-11-20)30-15-14-19-16-22(25(3,4)28-7)24(27)23(17-19)26(5,6)29-8/h10-13,16-18,27H,9,14-15H2,1-8H3. The molecule has 0 saturated heterocycles. The van der Waals surface area contributed by atoms with E-state index in [2.05, 4.69) is 26.0 Å². The van der Waals surface area contributed by atoms with Crippen molar-refractivity contribution in [2.24, 2.45) is 0 Å². The highest BCUT2D eigenvalue weighted by Crippen LogP contribution is 2.40. The molecule has 0 radical (unpaired) electrons.